The van der Waals surface area contributed by atoms with Crippen LogP contribution in [0.4, 0.5) is 29.3 Å². The van der Waals surface area contributed by atoms with E-state index in [1.54, 1.807) is 6.92 Å². The van der Waals surface area contributed by atoms with Crippen LogP contribution in [-0.4, -0.2) is 59.8 Å². The standard InChI is InChI=1S/C24H30ClF3N4O7S/c1-7-31-12-17(19(25)30-31)40(36,37)32-11-14(10-22(3,4)20(33)34)38-16-9-8-15(13(2)18(16)32)29-21(35)39-23(5,6)24(26,27)28/h8-9,12,14H,7,10-11H2,1-6H3,(H,29,35)(H,33,34)/t14-/m1/s1. The SMILES string of the molecule is CCn1cc(S(=O)(=O)N2C[C@@H](CC(C)(C)C(=O)O)Oc3ccc(NC(=O)OC(C)(C)C(F)(F)F)c(C)c32)c(Cl)n1. The summed E-state index contributed by atoms with van der Waals surface area (Å²) in [5.41, 5.74) is -3.98. The maximum atomic E-state index is 13.9. The average Bonchev–Trinajstić information content (AvgIpc) is 3.20. The molecule has 40 heavy (non-hydrogen) atoms. The molecule has 1 aromatic heterocycles. The second-order valence-electron chi connectivity index (χ2n) is 10.4. The van der Waals surface area contributed by atoms with Crippen LogP contribution in [0.3, 0.4) is 0 Å². The number of aryl methyl sites for hydroxylation is 1. The van der Waals surface area contributed by atoms with Crippen molar-refractivity contribution in [1.29, 1.82) is 0 Å². The molecule has 1 amide bonds. The Labute approximate surface area is 234 Å². The highest BCUT2D eigenvalue weighted by atomic mass is 35.5. The van der Waals surface area contributed by atoms with Crippen molar-refractivity contribution >= 4 is 45.1 Å². The maximum absolute atomic E-state index is 13.9. The van der Waals surface area contributed by atoms with E-state index in [1.165, 1.54) is 43.8 Å². The third-order valence-electron chi connectivity index (χ3n) is 6.47. The minimum absolute atomic E-state index is 0.0161. The number of hydrogen-bond acceptors (Lipinski definition) is 7. The Hall–Kier alpha value is -3.20. The topological polar surface area (TPSA) is 140 Å². The molecule has 1 aliphatic rings. The molecule has 0 spiro atoms. The summed E-state index contributed by atoms with van der Waals surface area (Å²) in [6.45, 7) is 7.50. The van der Waals surface area contributed by atoms with Gasteiger partial charge in [0.25, 0.3) is 10.0 Å². The van der Waals surface area contributed by atoms with Crippen LogP contribution in [0.25, 0.3) is 0 Å². The fourth-order valence-corrected chi connectivity index (χ4v) is 5.96. The second-order valence-corrected chi connectivity index (χ2v) is 12.6. The Morgan fingerprint density at radius 3 is 2.40 bits per heavy atom. The highest BCUT2D eigenvalue weighted by Crippen LogP contribution is 2.45. The molecule has 0 aliphatic carbocycles. The van der Waals surface area contributed by atoms with Crippen LogP contribution in [-0.2, 0) is 26.1 Å². The van der Waals surface area contributed by atoms with Gasteiger partial charge in [-0.1, -0.05) is 11.6 Å². The first-order valence-corrected chi connectivity index (χ1v) is 13.9. The van der Waals surface area contributed by atoms with E-state index in [2.05, 4.69) is 15.2 Å². The van der Waals surface area contributed by atoms with Gasteiger partial charge in [0.15, 0.2) is 5.15 Å². The van der Waals surface area contributed by atoms with Crippen molar-refractivity contribution in [2.24, 2.45) is 5.41 Å². The van der Waals surface area contributed by atoms with Crippen LogP contribution < -0.4 is 14.4 Å². The minimum Gasteiger partial charge on any atom is -0.486 e. The first-order valence-electron chi connectivity index (χ1n) is 12.1. The number of carboxylic acid groups (broad SMARTS) is 1. The van der Waals surface area contributed by atoms with Gasteiger partial charge in [0.1, 0.15) is 16.7 Å². The molecular formula is C24H30ClF3N4O7S. The third kappa shape index (κ3) is 6.09. The summed E-state index contributed by atoms with van der Waals surface area (Å²) in [6, 6.07) is 2.64. The molecule has 0 fully saturated rings. The number of alkyl halides is 3. The average molecular weight is 611 g/mol. The van der Waals surface area contributed by atoms with Gasteiger partial charge in [0.2, 0.25) is 5.60 Å². The number of carbonyl (C=O) groups is 2. The third-order valence-corrected chi connectivity index (χ3v) is 8.63. The van der Waals surface area contributed by atoms with Gasteiger partial charge in [-0.15, -0.1) is 0 Å². The number of rotatable bonds is 8. The fourth-order valence-electron chi connectivity index (χ4n) is 3.95. The fraction of sp³-hybridized carbons (Fsp3) is 0.542. The van der Waals surface area contributed by atoms with Crippen LogP contribution in [0.5, 0.6) is 5.75 Å². The summed E-state index contributed by atoms with van der Waals surface area (Å²) >= 11 is 6.16. The lowest BCUT2D eigenvalue weighted by Gasteiger charge is -2.38. The summed E-state index contributed by atoms with van der Waals surface area (Å²) in [6.07, 6.45) is -5.96. The van der Waals surface area contributed by atoms with Crippen molar-refractivity contribution in [1.82, 2.24) is 9.78 Å². The highest BCUT2D eigenvalue weighted by molar-refractivity contribution is 7.93. The number of ether oxygens (including phenoxy) is 2. The molecule has 0 saturated heterocycles. The van der Waals surface area contributed by atoms with Crippen LogP contribution in [0.2, 0.25) is 5.15 Å². The molecule has 0 bridgehead atoms. The minimum atomic E-state index is -4.84. The zero-order valence-electron chi connectivity index (χ0n) is 22.6. The number of amides is 1. The van der Waals surface area contributed by atoms with E-state index in [0.29, 0.717) is 20.4 Å². The number of nitrogens with one attached hydrogen (secondary N) is 1. The lowest BCUT2D eigenvalue weighted by atomic mass is 9.86. The van der Waals surface area contributed by atoms with Crippen molar-refractivity contribution in [2.45, 2.75) is 77.3 Å². The predicted octanol–water partition coefficient (Wildman–Crippen LogP) is 5.21. The van der Waals surface area contributed by atoms with Crippen molar-refractivity contribution in [2.75, 3.05) is 16.2 Å². The number of aromatic nitrogens is 2. The molecule has 2 heterocycles. The predicted molar refractivity (Wildman–Crippen MR) is 139 cm³/mol. The van der Waals surface area contributed by atoms with Gasteiger partial charge in [0, 0.05) is 30.4 Å². The van der Waals surface area contributed by atoms with Gasteiger partial charge in [-0.05, 0) is 53.7 Å². The Morgan fingerprint density at radius 2 is 1.88 bits per heavy atom. The van der Waals surface area contributed by atoms with E-state index in [0.717, 1.165) is 4.31 Å². The molecule has 222 valence electrons. The lowest BCUT2D eigenvalue weighted by Crippen LogP contribution is -2.46. The zero-order valence-corrected chi connectivity index (χ0v) is 24.2. The number of halogens is 4. The number of anilines is 2. The summed E-state index contributed by atoms with van der Waals surface area (Å²) in [5, 5.41) is 15.5. The number of aliphatic carboxylic acids is 1. The van der Waals surface area contributed by atoms with E-state index in [4.69, 9.17) is 16.3 Å². The molecular weight excluding hydrogens is 581 g/mol. The Bertz CT molecular complexity index is 1420. The molecule has 2 aromatic rings. The molecule has 1 atom stereocenters. The van der Waals surface area contributed by atoms with Crippen LogP contribution in [0.15, 0.2) is 23.2 Å². The molecule has 2 N–H and O–H groups in total. The number of sulfonamides is 1. The first-order chi connectivity index (χ1) is 18.2. The molecule has 11 nitrogen and oxygen atoms in total. The number of carboxylic acids is 1. The molecule has 1 aromatic carbocycles. The van der Waals surface area contributed by atoms with E-state index >= 15 is 0 Å². The monoisotopic (exact) mass is 610 g/mol. The van der Waals surface area contributed by atoms with Crippen molar-refractivity contribution in [3.05, 3.63) is 29.0 Å². The number of carbonyl (C=O) groups excluding carboxylic acids is 1. The smallest absolute Gasteiger partial charge is 0.427 e. The molecule has 0 saturated carbocycles. The summed E-state index contributed by atoms with van der Waals surface area (Å²) in [5.74, 6) is -1.06. The Kier molecular flexibility index (Phi) is 8.34. The molecule has 0 radical (unpaired) electrons. The van der Waals surface area contributed by atoms with E-state index in [9.17, 15) is 36.3 Å². The number of benzene rings is 1. The van der Waals surface area contributed by atoms with Gasteiger partial charge in [-0.25, -0.2) is 13.2 Å². The summed E-state index contributed by atoms with van der Waals surface area (Å²) in [4.78, 5) is 23.8. The highest BCUT2D eigenvalue weighted by Gasteiger charge is 2.51. The quantitative estimate of drug-likeness (QED) is 0.415. The zero-order chi connectivity index (χ0) is 30.4. The molecule has 16 heteroatoms. The largest absolute Gasteiger partial charge is 0.486 e. The maximum Gasteiger partial charge on any atom is 0.427 e. The van der Waals surface area contributed by atoms with Gasteiger partial charge in [-0.2, -0.15) is 18.3 Å². The van der Waals surface area contributed by atoms with Crippen molar-refractivity contribution < 1.29 is 45.8 Å². The van der Waals surface area contributed by atoms with Crippen LogP contribution in [0, 0.1) is 12.3 Å². The van der Waals surface area contributed by atoms with Gasteiger partial charge >= 0.3 is 18.2 Å². The van der Waals surface area contributed by atoms with Crippen LogP contribution >= 0.6 is 11.6 Å². The molecule has 0 unspecified atom stereocenters. The molecule has 3 rings (SSSR count). The van der Waals surface area contributed by atoms with E-state index in [1.807, 2.05) is 0 Å². The summed E-state index contributed by atoms with van der Waals surface area (Å²) < 4.78 is 80.3. The second kappa shape index (κ2) is 10.7. The lowest BCUT2D eigenvalue weighted by molar-refractivity contribution is -0.242. The Morgan fingerprint density at radius 1 is 1.25 bits per heavy atom. The van der Waals surface area contributed by atoms with E-state index < -0.39 is 45.4 Å². The number of hydrogen-bond donors (Lipinski definition) is 2. The Balaban J connectivity index is 2.09. The van der Waals surface area contributed by atoms with Crippen molar-refractivity contribution in [3.8, 4) is 5.75 Å². The van der Waals surface area contributed by atoms with Gasteiger partial charge in [0.05, 0.1) is 17.6 Å². The first kappa shape index (κ1) is 31.3. The van der Waals surface area contributed by atoms with Crippen molar-refractivity contribution in [3.63, 3.8) is 0 Å². The summed E-state index contributed by atoms with van der Waals surface area (Å²) in [7, 11) is -4.42. The normalized spacial score (nSPS) is 16.2. The number of fused-ring (bicyclic) bond motifs is 1. The number of nitrogens with zero attached hydrogens (tertiary/aromatic N) is 3. The molecule has 1 aliphatic heterocycles. The van der Waals surface area contributed by atoms with Crippen LogP contribution in [0.1, 0.15) is 46.6 Å². The van der Waals surface area contributed by atoms with E-state index in [-0.39, 0.29) is 45.7 Å². The van der Waals surface area contributed by atoms with Gasteiger partial charge in [-0.3, -0.25) is 19.1 Å². The van der Waals surface area contributed by atoms with Gasteiger partial charge < -0.3 is 14.6 Å².